The summed E-state index contributed by atoms with van der Waals surface area (Å²) >= 11 is 0. The van der Waals surface area contributed by atoms with Crippen LogP contribution in [-0.4, -0.2) is 10.7 Å². The summed E-state index contributed by atoms with van der Waals surface area (Å²) in [6.45, 7) is 10.4. The lowest BCUT2D eigenvalue weighted by atomic mass is 9.68. The molecule has 0 unspecified atom stereocenters. The molecule has 0 radical (unpaired) electrons. The van der Waals surface area contributed by atoms with Crippen molar-refractivity contribution in [2.45, 2.75) is 45.6 Å². The number of hydrogen-bond donors (Lipinski definition) is 1. The average Bonchev–Trinajstić information content (AvgIpc) is 2.09. The predicted molar refractivity (Wildman–Crippen MR) is 56.5 cm³/mol. The van der Waals surface area contributed by atoms with Gasteiger partial charge in [0.25, 0.3) is 0 Å². The van der Waals surface area contributed by atoms with Gasteiger partial charge in [-0.25, -0.2) is 0 Å². The number of rotatable bonds is 2. The third kappa shape index (κ3) is 2.14. The maximum atomic E-state index is 10.2. The van der Waals surface area contributed by atoms with Crippen molar-refractivity contribution in [1.82, 2.24) is 0 Å². The molecule has 1 nitrogen and oxygen atoms in total. The first-order chi connectivity index (χ1) is 5.99. The molecule has 1 rings (SSSR count). The van der Waals surface area contributed by atoms with Crippen molar-refractivity contribution in [2.24, 2.45) is 17.8 Å². The van der Waals surface area contributed by atoms with Gasteiger partial charge in [-0.15, -0.1) is 6.58 Å². The summed E-state index contributed by atoms with van der Waals surface area (Å²) in [6, 6.07) is 0. The van der Waals surface area contributed by atoms with Gasteiger partial charge in [-0.2, -0.15) is 0 Å². The van der Waals surface area contributed by atoms with Crippen LogP contribution in [0.25, 0.3) is 0 Å². The molecule has 0 aliphatic heterocycles. The molecule has 1 aliphatic rings. The van der Waals surface area contributed by atoms with E-state index >= 15 is 0 Å². The van der Waals surface area contributed by atoms with Crippen LogP contribution in [0.1, 0.15) is 40.0 Å². The van der Waals surface area contributed by atoms with Crippen LogP contribution in [0.3, 0.4) is 0 Å². The summed E-state index contributed by atoms with van der Waals surface area (Å²) in [5.74, 6) is 1.72. The minimum Gasteiger partial charge on any atom is -0.386 e. The van der Waals surface area contributed by atoms with Gasteiger partial charge >= 0.3 is 0 Å². The van der Waals surface area contributed by atoms with E-state index in [1.165, 1.54) is 6.42 Å². The molecular weight excluding hydrogens is 160 g/mol. The SMILES string of the molecule is C=C[C@@]1(O)C[C@@H](C(C)C)CC[C@H]1C. The minimum absolute atomic E-state index is 0.375. The Labute approximate surface area is 81.9 Å². The van der Waals surface area contributed by atoms with Gasteiger partial charge in [0.15, 0.2) is 0 Å². The van der Waals surface area contributed by atoms with Crippen molar-refractivity contribution in [1.29, 1.82) is 0 Å². The van der Waals surface area contributed by atoms with Gasteiger partial charge in [-0.1, -0.05) is 26.8 Å². The molecule has 3 atom stereocenters. The van der Waals surface area contributed by atoms with Gasteiger partial charge in [0.2, 0.25) is 0 Å². The average molecular weight is 182 g/mol. The summed E-state index contributed by atoms with van der Waals surface area (Å²) in [7, 11) is 0. The summed E-state index contributed by atoms with van der Waals surface area (Å²) in [5.41, 5.74) is -0.604. The Bertz CT molecular complexity index is 186. The highest BCUT2D eigenvalue weighted by Gasteiger charge is 2.38. The zero-order valence-corrected chi connectivity index (χ0v) is 9.09. The predicted octanol–water partition coefficient (Wildman–Crippen LogP) is 3.00. The smallest absolute Gasteiger partial charge is 0.0853 e. The molecule has 0 aromatic heterocycles. The highest BCUT2D eigenvalue weighted by atomic mass is 16.3. The van der Waals surface area contributed by atoms with Crippen LogP contribution in [0.5, 0.6) is 0 Å². The Morgan fingerprint density at radius 1 is 1.46 bits per heavy atom. The van der Waals surface area contributed by atoms with E-state index in [9.17, 15) is 5.11 Å². The Morgan fingerprint density at radius 3 is 2.54 bits per heavy atom. The van der Waals surface area contributed by atoms with Gasteiger partial charge in [-0.05, 0) is 37.0 Å². The summed E-state index contributed by atoms with van der Waals surface area (Å²) < 4.78 is 0. The molecule has 0 bridgehead atoms. The third-order valence-corrected chi connectivity index (χ3v) is 3.71. The van der Waals surface area contributed by atoms with Crippen molar-refractivity contribution in [3.05, 3.63) is 12.7 Å². The molecule has 0 amide bonds. The molecule has 1 N–H and O–H groups in total. The molecule has 1 heteroatoms. The molecule has 0 saturated heterocycles. The number of hydrogen-bond acceptors (Lipinski definition) is 1. The Hall–Kier alpha value is -0.300. The molecule has 0 spiro atoms. The fourth-order valence-corrected chi connectivity index (χ4v) is 2.29. The van der Waals surface area contributed by atoms with Gasteiger partial charge in [0.1, 0.15) is 0 Å². The second-order valence-corrected chi connectivity index (χ2v) is 4.88. The fourth-order valence-electron chi connectivity index (χ4n) is 2.29. The molecule has 1 aliphatic carbocycles. The second-order valence-electron chi connectivity index (χ2n) is 4.88. The summed E-state index contributed by atoms with van der Waals surface area (Å²) in [6.07, 6.45) is 5.03. The Balaban J connectivity index is 2.68. The van der Waals surface area contributed by atoms with Crippen LogP contribution in [0, 0.1) is 17.8 Å². The van der Waals surface area contributed by atoms with E-state index in [0.29, 0.717) is 17.8 Å². The first-order valence-electron chi connectivity index (χ1n) is 5.35. The Kier molecular flexibility index (Phi) is 3.18. The van der Waals surface area contributed by atoms with Crippen molar-refractivity contribution < 1.29 is 5.11 Å². The van der Waals surface area contributed by atoms with Crippen molar-refractivity contribution in [3.8, 4) is 0 Å². The van der Waals surface area contributed by atoms with E-state index in [-0.39, 0.29) is 0 Å². The monoisotopic (exact) mass is 182 g/mol. The van der Waals surface area contributed by atoms with Crippen LogP contribution >= 0.6 is 0 Å². The van der Waals surface area contributed by atoms with E-state index in [4.69, 9.17) is 0 Å². The lowest BCUT2D eigenvalue weighted by Gasteiger charge is -2.41. The van der Waals surface area contributed by atoms with E-state index in [1.807, 2.05) is 0 Å². The van der Waals surface area contributed by atoms with E-state index in [1.54, 1.807) is 6.08 Å². The largest absolute Gasteiger partial charge is 0.386 e. The van der Waals surface area contributed by atoms with Crippen LogP contribution < -0.4 is 0 Å². The second kappa shape index (κ2) is 3.83. The van der Waals surface area contributed by atoms with E-state index in [2.05, 4.69) is 27.4 Å². The van der Waals surface area contributed by atoms with Gasteiger partial charge in [0, 0.05) is 0 Å². The third-order valence-electron chi connectivity index (χ3n) is 3.71. The van der Waals surface area contributed by atoms with E-state index < -0.39 is 5.60 Å². The lowest BCUT2D eigenvalue weighted by molar-refractivity contribution is -0.0260. The van der Waals surface area contributed by atoms with Crippen LogP contribution in [0.15, 0.2) is 12.7 Å². The molecular formula is C12H22O. The highest BCUT2D eigenvalue weighted by Crippen LogP contribution is 2.40. The van der Waals surface area contributed by atoms with Crippen LogP contribution in [0.4, 0.5) is 0 Å². The zero-order valence-electron chi connectivity index (χ0n) is 9.09. The van der Waals surface area contributed by atoms with Crippen molar-refractivity contribution >= 4 is 0 Å². The fraction of sp³-hybridized carbons (Fsp3) is 0.833. The molecule has 1 fully saturated rings. The van der Waals surface area contributed by atoms with Crippen molar-refractivity contribution in [3.63, 3.8) is 0 Å². The topological polar surface area (TPSA) is 20.2 Å². The molecule has 0 heterocycles. The normalized spacial score (nSPS) is 40.7. The lowest BCUT2D eigenvalue weighted by Crippen LogP contribution is -2.41. The maximum Gasteiger partial charge on any atom is 0.0853 e. The number of aliphatic hydroxyl groups is 1. The van der Waals surface area contributed by atoms with Crippen LogP contribution in [-0.2, 0) is 0 Å². The van der Waals surface area contributed by atoms with Gasteiger partial charge in [-0.3, -0.25) is 0 Å². The molecule has 1 saturated carbocycles. The molecule has 13 heavy (non-hydrogen) atoms. The molecule has 0 aromatic rings. The van der Waals surface area contributed by atoms with Crippen molar-refractivity contribution in [2.75, 3.05) is 0 Å². The molecule has 76 valence electrons. The highest BCUT2D eigenvalue weighted by molar-refractivity contribution is 5.03. The maximum absolute atomic E-state index is 10.2. The van der Waals surface area contributed by atoms with E-state index in [0.717, 1.165) is 12.8 Å². The summed E-state index contributed by atoms with van der Waals surface area (Å²) in [5, 5.41) is 10.2. The Morgan fingerprint density at radius 2 is 2.08 bits per heavy atom. The molecule has 0 aromatic carbocycles. The standard InChI is InChI=1S/C12H22O/c1-5-12(13)8-11(9(2)3)7-6-10(12)4/h5,9-11,13H,1,6-8H2,2-4H3/t10-,11+,12-/m1/s1. The minimum atomic E-state index is -0.604. The van der Waals surface area contributed by atoms with Gasteiger partial charge < -0.3 is 5.11 Å². The first kappa shape index (κ1) is 10.8. The quantitative estimate of drug-likeness (QED) is 0.651. The van der Waals surface area contributed by atoms with Crippen LogP contribution in [0.2, 0.25) is 0 Å². The first-order valence-corrected chi connectivity index (χ1v) is 5.35. The summed E-state index contributed by atoms with van der Waals surface area (Å²) in [4.78, 5) is 0. The zero-order chi connectivity index (χ0) is 10.1. The van der Waals surface area contributed by atoms with Gasteiger partial charge in [0.05, 0.1) is 5.60 Å².